The van der Waals surface area contributed by atoms with Gasteiger partial charge in [0, 0.05) is 12.0 Å². The van der Waals surface area contributed by atoms with Gasteiger partial charge >= 0.3 is 0 Å². The number of rotatable bonds is 9. The number of hydrogen-bond acceptors (Lipinski definition) is 4. The van der Waals surface area contributed by atoms with Crippen LogP contribution in [-0.4, -0.2) is 16.5 Å². The molecule has 1 rings (SSSR count). The van der Waals surface area contributed by atoms with Crippen molar-refractivity contribution in [3.63, 3.8) is 0 Å². The molecule has 0 aliphatic heterocycles. The number of benzene rings is 1. The molecule has 0 spiro atoms. The van der Waals surface area contributed by atoms with Gasteiger partial charge in [-0.05, 0) is 43.0 Å². The van der Waals surface area contributed by atoms with E-state index < -0.39 is 22.0 Å². The number of aryl methyl sites for hydroxylation is 1. The van der Waals surface area contributed by atoms with Crippen molar-refractivity contribution < 1.29 is 18.9 Å². The maximum Gasteiger partial charge on any atom is 0.286 e. The Bertz CT molecular complexity index is 548. The Morgan fingerprint density at radius 3 is 2.52 bits per heavy atom. The van der Waals surface area contributed by atoms with E-state index in [1.54, 1.807) is 0 Å². The third-order valence-electron chi connectivity index (χ3n) is 3.12. The zero-order chi connectivity index (χ0) is 15.8. The molecule has 0 N–H and O–H groups in total. The Morgan fingerprint density at radius 2 is 1.95 bits per heavy atom. The maximum absolute atomic E-state index is 13.4. The summed E-state index contributed by atoms with van der Waals surface area (Å²) >= 11 is 5.21. The number of nitro benzene ring substituents is 1. The number of halogens is 2. The molecule has 5 nitrogen and oxygen atoms in total. The van der Waals surface area contributed by atoms with Gasteiger partial charge in [0.2, 0.25) is 5.24 Å². The Morgan fingerprint density at radius 1 is 1.29 bits per heavy atom. The van der Waals surface area contributed by atoms with Crippen LogP contribution in [0.4, 0.5) is 10.1 Å². The van der Waals surface area contributed by atoms with Gasteiger partial charge in [-0.15, -0.1) is 0 Å². The summed E-state index contributed by atoms with van der Waals surface area (Å²) in [6.07, 6.45) is 3.75. The lowest BCUT2D eigenvalue weighted by molar-refractivity contribution is -0.385. The summed E-state index contributed by atoms with van der Waals surface area (Å²) in [4.78, 5) is 31.6. The van der Waals surface area contributed by atoms with Gasteiger partial charge in [0.25, 0.3) is 5.69 Å². The third-order valence-corrected chi connectivity index (χ3v) is 3.31. The molecular formula is C14H15ClFNO4. The largest absolute Gasteiger partial charge is 0.298 e. The van der Waals surface area contributed by atoms with Crippen molar-refractivity contribution in [3.05, 3.63) is 39.2 Å². The zero-order valence-corrected chi connectivity index (χ0v) is 12.1. The van der Waals surface area contributed by atoms with Crippen LogP contribution < -0.4 is 0 Å². The van der Waals surface area contributed by atoms with Gasteiger partial charge in [-0.1, -0.05) is 12.8 Å². The van der Waals surface area contributed by atoms with Crippen molar-refractivity contribution >= 4 is 28.8 Å². The normalized spacial score (nSPS) is 10.4. The summed E-state index contributed by atoms with van der Waals surface area (Å²) in [6, 6.07) is 2.40. The number of nitro groups is 1. The second-order valence-electron chi connectivity index (χ2n) is 4.61. The van der Waals surface area contributed by atoms with Crippen LogP contribution in [0.3, 0.4) is 0 Å². The van der Waals surface area contributed by atoms with Crippen LogP contribution in [0.5, 0.6) is 0 Å². The Hall–Kier alpha value is -1.82. The molecule has 0 aliphatic rings. The molecule has 7 heteroatoms. The van der Waals surface area contributed by atoms with Crippen LogP contribution in [-0.2, 0) is 11.2 Å². The van der Waals surface area contributed by atoms with E-state index in [0.717, 1.165) is 18.9 Å². The van der Waals surface area contributed by atoms with Gasteiger partial charge in [0.1, 0.15) is 11.4 Å². The fourth-order valence-corrected chi connectivity index (χ4v) is 2.22. The number of carbonyl (C=O) groups excluding carboxylic acids is 2. The molecule has 0 atom stereocenters. The molecule has 21 heavy (non-hydrogen) atoms. The summed E-state index contributed by atoms with van der Waals surface area (Å²) in [7, 11) is 0. The Kier molecular flexibility index (Phi) is 6.94. The van der Waals surface area contributed by atoms with Crippen LogP contribution in [0.1, 0.15) is 48.0 Å². The second-order valence-corrected chi connectivity index (χ2v) is 5.03. The Balaban J connectivity index is 2.65. The molecule has 1 aromatic rings. The van der Waals surface area contributed by atoms with Gasteiger partial charge in [-0.2, -0.15) is 0 Å². The zero-order valence-electron chi connectivity index (χ0n) is 11.3. The topological polar surface area (TPSA) is 77.3 Å². The number of hydrogen-bond donors (Lipinski definition) is 0. The predicted octanol–water partition coefficient (Wildman–Crippen LogP) is 3.80. The van der Waals surface area contributed by atoms with Gasteiger partial charge in [-0.25, -0.2) is 4.39 Å². The molecule has 0 fully saturated rings. The van der Waals surface area contributed by atoms with E-state index in [-0.39, 0.29) is 11.5 Å². The van der Waals surface area contributed by atoms with Crippen molar-refractivity contribution in [2.75, 3.05) is 0 Å². The van der Waals surface area contributed by atoms with Crippen molar-refractivity contribution in [1.29, 1.82) is 0 Å². The lowest BCUT2D eigenvalue weighted by Crippen LogP contribution is -2.03. The fraction of sp³-hybridized carbons (Fsp3) is 0.429. The highest BCUT2D eigenvalue weighted by molar-refractivity contribution is 6.63. The van der Waals surface area contributed by atoms with Crippen LogP contribution in [0.25, 0.3) is 0 Å². The smallest absolute Gasteiger partial charge is 0.286 e. The summed E-state index contributed by atoms with van der Waals surface area (Å²) in [5.41, 5.74) is -0.622. The SMILES string of the molecule is O=Cc1c(F)ccc(CCCCCCC(=O)Cl)c1[N+](=O)[O-]. The van der Waals surface area contributed by atoms with Gasteiger partial charge in [0.05, 0.1) is 4.92 Å². The third kappa shape index (κ3) is 5.23. The first-order chi connectivity index (χ1) is 9.97. The number of nitrogens with zero attached hydrogens (tertiary/aromatic N) is 1. The van der Waals surface area contributed by atoms with Gasteiger partial charge in [-0.3, -0.25) is 19.7 Å². The first-order valence-electron chi connectivity index (χ1n) is 6.56. The number of aldehydes is 1. The number of unbranched alkanes of at least 4 members (excludes halogenated alkanes) is 3. The standard InChI is InChI=1S/C14H15ClFNO4/c15-13(19)6-4-2-1-3-5-10-7-8-12(16)11(9-18)14(10)17(20)21/h7-9H,1-6H2. The molecule has 0 aliphatic carbocycles. The van der Waals surface area contributed by atoms with Gasteiger partial charge < -0.3 is 0 Å². The lowest BCUT2D eigenvalue weighted by atomic mass is 10.0. The van der Waals surface area contributed by atoms with Crippen LogP contribution >= 0.6 is 11.6 Å². The minimum Gasteiger partial charge on any atom is -0.298 e. The molecule has 0 bridgehead atoms. The van der Waals surface area contributed by atoms with E-state index in [9.17, 15) is 24.1 Å². The number of carbonyl (C=O) groups is 2. The van der Waals surface area contributed by atoms with Crippen LogP contribution in [0, 0.1) is 15.9 Å². The molecule has 0 unspecified atom stereocenters. The van der Waals surface area contributed by atoms with E-state index in [2.05, 4.69) is 0 Å². The lowest BCUT2D eigenvalue weighted by Gasteiger charge is -2.05. The first kappa shape index (κ1) is 17.2. The van der Waals surface area contributed by atoms with E-state index in [0.29, 0.717) is 31.2 Å². The summed E-state index contributed by atoms with van der Waals surface area (Å²) in [6.45, 7) is 0. The quantitative estimate of drug-likeness (QED) is 0.228. The highest BCUT2D eigenvalue weighted by atomic mass is 35.5. The molecule has 1 aromatic carbocycles. The van der Waals surface area contributed by atoms with E-state index in [1.165, 1.54) is 6.07 Å². The highest BCUT2D eigenvalue weighted by Gasteiger charge is 2.22. The van der Waals surface area contributed by atoms with E-state index in [4.69, 9.17) is 11.6 Å². The maximum atomic E-state index is 13.4. The molecular weight excluding hydrogens is 301 g/mol. The molecule has 0 radical (unpaired) electrons. The van der Waals surface area contributed by atoms with Gasteiger partial charge in [0.15, 0.2) is 6.29 Å². The molecule has 0 saturated carbocycles. The summed E-state index contributed by atoms with van der Waals surface area (Å²) in [5.74, 6) is -0.888. The average Bonchev–Trinajstić information content (AvgIpc) is 2.42. The molecule has 0 heterocycles. The fourth-order valence-electron chi connectivity index (χ4n) is 2.09. The summed E-state index contributed by atoms with van der Waals surface area (Å²) < 4.78 is 13.4. The van der Waals surface area contributed by atoms with Crippen LogP contribution in [0.15, 0.2) is 12.1 Å². The van der Waals surface area contributed by atoms with Crippen molar-refractivity contribution in [3.8, 4) is 0 Å². The van der Waals surface area contributed by atoms with Crippen molar-refractivity contribution in [2.24, 2.45) is 0 Å². The first-order valence-corrected chi connectivity index (χ1v) is 6.94. The minimum absolute atomic E-state index is 0.170. The molecule has 0 aromatic heterocycles. The highest BCUT2D eigenvalue weighted by Crippen LogP contribution is 2.26. The van der Waals surface area contributed by atoms with E-state index in [1.807, 2.05) is 0 Å². The minimum atomic E-state index is -0.888. The predicted molar refractivity (Wildman–Crippen MR) is 76.1 cm³/mol. The van der Waals surface area contributed by atoms with Crippen LogP contribution in [0.2, 0.25) is 0 Å². The average molecular weight is 316 g/mol. The molecule has 0 amide bonds. The van der Waals surface area contributed by atoms with Crippen molar-refractivity contribution in [2.45, 2.75) is 38.5 Å². The summed E-state index contributed by atoms with van der Waals surface area (Å²) in [5, 5.41) is 10.6. The Labute approximate surface area is 126 Å². The van der Waals surface area contributed by atoms with E-state index >= 15 is 0 Å². The monoisotopic (exact) mass is 315 g/mol. The molecule has 0 saturated heterocycles. The molecule has 114 valence electrons. The van der Waals surface area contributed by atoms with Crippen molar-refractivity contribution in [1.82, 2.24) is 0 Å². The second kappa shape index (κ2) is 8.46.